The van der Waals surface area contributed by atoms with Gasteiger partial charge in [-0.25, -0.2) is 4.79 Å². The number of fused-ring (bicyclic) bond motifs is 1. The van der Waals surface area contributed by atoms with E-state index in [0.29, 0.717) is 35.4 Å². The van der Waals surface area contributed by atoms with Gasteiger partial charge in [0.05, 0.1) is 22.5 Å². The van der Waals surface area contributed by atoms with Crippen LogP contribution in [0.3, 0.4) is 0 Å². The van der Waals surface area contributed by atoms with Gasteiger partial charge in [-0.3, -0.25) is 19.5 Å². The quantitative estimate of drug-likeness (QED) is 0.512. The Kier molecular flexibility index (Phi) is 4.58. The van der Waals surface area contributed by atoms with Crippen molar-refractivity contribution in [3.8, 4) is 11.8 Å². The Bertz CT molecular complexity index is 1030. The van der Waals surface area contributed by atoms with E-state index in [0.717, 1.165) is 31.5 Å². The van der Waals surface area contributed by atoms with Gasteiger partial charge in [-0.05, 0) is 44.0 Å². The number of H-pyrrole nitrogens is 1. The molecule has 7 heteroatoms. The lowest BCUT2D eigenvalue weighted by Gasteiger charge is -2.22. The number of aryl methyl sites for hydroxylation is 1. The normalized spacial score (nSPS) is 21.0. The summed E-state index contributed by atoms with van der Waals surface area (Å²) >= 11 is 0. The van der Waals surface area contributed by atoms with E-state index in [1.54, 1.807) is 7.05 Å². The number of carbonyl (C=O) groups is 2. The minimum atomic E-state index is -0.436. The molecular formula is C20H22N4O3. The van der Waals surface area contributed by atoms with Crippen LogP contribution in [0.4, 0.5) is 0 Å². The van der Waals surface area contributed by atoms with Crippen molar-refractivity contribution in [1.82, 2.24) is 20.2 Å². The monoisotopic (exact) mass is 366 g/mol. The molecule has 2 fully saturated rings. The smallest absolute Gasteiger partial charge is 0.317 e. The van der Waals surface area contributed by atoms with Gasteiger partial charge < -0.3 is 10.3 Å². The van der Waals surface area contributed by atoms with Gasteiger partial charge in [-0.15, -0.1) is 0 Å². The third kappa shape index (κ3) is 3.28. The number of imidazole rings is 1. The van der Waals surface area contributed by atoms with Crippen LogP contribution in [0.15, 0.2) is 16.9 Å². The average Bonchev–Trinajstić information content (AvgIpc) is 2.95. The van der Waals surface area contributed by atoms with Crippen molar-refractivity contribution in [3.63, 3.8) is 0 Å². The van der Waals surface area contributed by atoms with E-state index in [1.165, 1.54) is 4.57 Å². The molecule has 2 saturated heterocycles. The number of hydrogen-bond acceptors (Lipinski definition) is 4. The van der Waals surface area contributed by atoms with E-state index < -0.39 is 5.92 Å². The van der Waals surface area contributed by atoms with Crippen LogP contribution in [-0.4, -0.2) is 34.5 Å². The molecular weight excluding hydrogens is 344 g/mol. The van der Waals surface area contributed by atoms with Gasteiger partial charge in [-0.1, -0.05) is 17.9 Å². The molecule has 1 unspecified atom stereocenters. The lowest BCUT2D eigenvalue weighted by atomic mass is 9.86. The van der Waals surface area contributed by atoms with Crippen LogP contribution < -0.4 is 16.3 Å². The van der Waals surface area contributed by atoms with Crippen LogP contribution in [0, 0.1) is 17.8 Å². The second kappa shape index (κ2) is 7.05. The summed E-state index contributed by atoms with van der Waals surface area (Å²) < 4.78 is 1.54. The summed E-state index contributed by atoms with van der Waals surface area (Å²) in [5.74, 6) is 5.96. The first kappa shape index (κ1) is 17.6. The summed E-state index contributed by atoms with van der Waals surface area (Å²) in [5.41, 5.74) is 2.69. The Labute approximate surface area is 156 Å². The third-order valence-electron chi connectivity index (χ3n) is 5.45. The lowest BCUT2D eigenvalue weighted by Crippen LogP contribution is -2.39. The zero-order valence-electron chi connectivity index (χ0n) is 15.2. The zero-order valence-corrected chi connectivity index (χ0v) is 15.2. The molecule has 3 N–H and O–H groups in total. The van der Waals surface area contributed by atoms with Crippen LogP contribution in [0.5, 0.6) is 0 Å². The first-order chi connectivity index (χ1) is 13.0. The van der Waals surface area contributed by atoms with Crippen molar-refractivity contribution in [3.05, 3.63) is 33.7 Å². The fraction of sp³-hybridized carbons (Fsp3) is 0.450. The molecule has 2 aromatic rings. The first-order valence-electron chi connectivity index (χ1n) is 9.32. The summed E-state index contributed by atoms with van der Waals surface area (Å²) in [7, 11) is 1.70. The van der Waals surface area contributed by atoms with Crippen LogP contribution in [0.1, 0.15) is 42.7 Å². The molecule has 1 aromatic carbocycles. The van der Waals surface area contributed by atoms with E-state index in [-0.39, 0.29) is 17.5 Å². The van der Waals surface area contributed by atoms with Crippen LogP contribution in [-0.2, 0) is 16.6 Å². The van der Waals surface area contributed by atoms with E-state index in [4.69, 9.17) is 0 Å². The molecule has 1 atom stereocenters. The minimum absolute atomic E-state index is 0.213. The second-order valence-electron chi connectivity index (χ2n) is 7.21. The highest BCUT2D eigenvalue weighted by Gasteiger charge is 2.30. The maximum Gasteiger partial charge on any atom is 0.326 e. The first-order valence-corrected chi connectivity index (χ1v) is 9.32. The van der Waals surface area contributed by atoms with E-state index in [2.05, 4.69) is 27.5 Å². The highest BCUT2D eigenvalue weighted by atomic mass is 16.2. The average molecular weight is 366 g/mol. The number of amides is 2. The number of benzene rings is 1. The predicted molar refractivity (Wildman–Crippen MR) is 101 cm³/mol. The molecule has 3 heterocycles. The van der Waals surface area contributed by atoms with Gasteiger partial charge in [0, 0.05) is 19.4 Å². The van der Waals surface area contributed by atoms with Gasteiger partial charge in [0.15, 0.2) is 0 Å². The Morgan fingerprint density at radius 1 is 1.11 bits per heavy atom. The van der Waals surface area contributed by atoms with Gasteiger partial charge in [0.2, 0.25) is 11.8 Å². The van der Waals surface area contributed by atoms with Crippen molar-refractivity contribution >= 4 is 22.8 Å². The van der Waals surface area contributed by atoms with Crippen molar-refractivity contribution in [1.29, 1.82) is 0 Å². The van der Waals surface area contributed by atoms with Crippen LogP contribution in [0.25, 0.3) is 11.0 Å². The van der Waals surface area contributed by atoms with E-state index in [1.807, 2.05) is 12.1 Å². The highest BCUT2D eigenvalue weighted by Crippen LogP contribution is 2.31. The van der Waals surface area contributed by atoms with Gasteiger partial charge in [0.1, 0.15) is 0 Å². The van der Waals surface area contributed by atoms with Crippen molar-refractivity contribution in [2.45, 2.75) is 31.6 Å². The Morgan fingerprint density at radius 2 is 1.89 bits per heavy atom. The number of carbonyl (C=O) groups excluding carboxylic acids is 2. The van der Waals surface area contributed by atoms with Gasteiger partial charge in [-0.2, -0.15) is 0 Å². The van der Waals surface area contributed by atoms with Crippen molar-refractivity contribution < 1.29 is 9.59 Å². The summed E-state index contributed by atoms with van der Waals surface area (Å²) in [6.45, 7) is 1.90. The van der Waals surface area contributed by atoms with Crippen LogP contribution >= 0.6 is 0 Å². The molecule has 0 radical (unpaired) electrons. The number of nitrogens with zero attached hydrogens (tertiary/aromatic N) is 1. The van der Waals surface area contributed by atoms with Gasteiger partial charge in [0.25, 0.3) is 0 Å². The zero-order chi connectivity index (χ0) is 19.0. The second-order valence-corrected chi connectivity index (χ2v) is 7.21. The molecule has 2 amide bonds. The summed E-state index contributed by atoms with van der Waals surface area (Å²) in [4.78, 5) is 38.9. The summed E-state index contributed by atoms with van der Waals surface area (Å²) in [6.07, 6.45) is 2.74. The number of aromatic nitrogens is 2. The molecule has 1 aromatic heterocycles. The SMILES string of the molecule is Cn1c(=O)[nH]c2ccc(C3CCC(=O)NC3=O)c(C#CC3CCNCC3)c21. The van der Waals surface area contributed by atoms with Crippen molar-refractivity contribution in [2.24, 2.45) is 13.0 Å². The fourth-order valence-electron chi connectivity index (χ4n) is 3.91. The highest BCUT2D eigenvalue weighted by molar-refractivity contribution is 6.01. The molecule has 2 aliphatic rings. The molecule has 0 spiro atoms. The number of aromatic amines is 1. The molecule has 2 aliphatic heterocycles. The number of hydrogen-bond donors (Lipinski definition) is 3. The molecule has 0 saturated carbocycles. The molecule has 0 aliphatic carbocycles. The molecule has 140 valence electrons. The minimum Gasteiger partial charge on any atom is -0.317 e. The van der Waals surface area contributed by atoms with Crippen molar-refractivity contribution in [2.75, 3.05) is 13.1 Å². The maximum absolute atomic E-state index is 12.4. The lowest BCUT2D eigenvalue weighted by molar-refractivity contribution is -0.134. The Hall–Kier alpha value is -2.85. The molecule has 7 nitrogen and oxygen atoms in total. The largest absolute Gasteiger partial charge is 0.326 e. The van der Waals surface area contributed by atoms with E-state index >= 15 is 0 Å². The number of piperidine rings is 2. The Morgan fingerprint density at radius 3 is 2.63 bits per heavy atom. The standard InChI is InChI=1S/C20H22N4O3/c1-24-18-14(3-2-12-8-10-21-11-9-12)13(4-6-16(18)22-20(24)27)15-5-7-17(25)23-19(15)26/h4,6,12,15,21H,5,7-11H2,1H3,(H,22,27)(H,23,25,26). The predicted octanol–water partition coefficient (Wildman–Crippen LogP) is 0.738. The van der Waals surface area contributed by atoms with E-state index in [9.17, 15) is 14.4 Å². The number of rotatable bonds is 1. The van der Waals surface area contributed by atoms with Gasteiger partial charge >= 0.3 is 5.69 Å². The van der Waals surface area contributed by atoms with Crippen LogP contribution in [0.2, 0.25) is 0 Å². The number of nitrogens with one attached hydrogen (secondary N) is 3. The molecule has 0 bridgehead atoms. The Balaban J connectivity index is 1.84. The topological polar surface area (TPSA) is 96.0 Å². The summed E-state index contributed by atoms with van der Waals surface area (Å²) in [5, 5.41) is 5.74. The fourth-order valence-corrected chi connectivity index (χ4v) is 3.91. The summed E-state index contributed by atoms with van der Waals surface area (Å²) in [6, 6.07) is 3.66. The maximum atomic E-state index is 12.4. The third-order valence-corrected chi connectivity index (χ3v) is 5.45. The number of imide groups is 1. The molecule has 4 rings (SSSR count). The molecule has 27 heavy (non-hydrogen) atoms.